The summed E-state index contributed by atoms with van der Waals surface area (Å²) in [5.74, 6) is 4.18. The number of aryl methyl sites for hydroxylation is 1. The summed E-state index contributed by atoms with van der Waals surface area (Å²) in [6.45, 7) is 6.45. The lowest BCUT2D eigenvalue weighted by Crippen LogP contribution is -2.64. The largest absolute Gasteiger partial charge is 0.355 e. The number of nitriles is 1. The zero-order valence-electron chi connectivity index (χ0n) is 18.9. The molecule has 5 fully saturated rings. The molecule has 1 saturated heterocycles. The molecule has 32 heavy (non-hydrogen) atoms. The average Bonchev–Trinajstić information content (AvgIpc) is 3.17. The van der Waals surface area contributed by atoms with Crippen molar-refractivity contribution in [3.63, 3.8) is 0 Å². The Labute approximate surface area is 189 Å². The maximum atomic E-state index is 9.81. The minimum atomic E-state index is 0.498. The fourth-order valence-corrected chi connectivity index (χ4v) is 8.17. The number of para-hydroxylation sites is 2. The van der Waals surface area contributed by atoms with Crippen molar-refractivity contribution in [3.8, 4) is 6.07 Å². The van der Waals surface area contributed by atoms with Gasteiger partial charge in [-0.3, -0.25) is 9.30 Å². The van der Waals surface area contributed by atoms with Gasteiger partial charge in [0.25, 0.3) is 0 Å². The highest BCUT2D eigenvalue weighted by atomic mass is 15.3. The van der Waals surface area contributed by atoms with Gasteiger partial charge in [-0.1, -0.05) is 12.1 Å². The molecular formula is C27H31N5. The molecule has 0 radical (unpaired) electrons. The molecule has 1 aromatic carbocycles. The molecule has 0 N–H and O–H groups in total. The third kappa shape index (κ3) is 2.62. The molecule has 3 aromatic rings. The number of anilines is 1. The van der Waals surface area contributed by atoms with E-state index in [2.05, 4.69) is 38.5 Å². The van der Waals surface area contributed by atoms with Gasteiger partial charge in [0.2, 0.25) is 0 Å². The van der Waals surface area contributed by atoms with Gasteiger partial charge in [-0.25, -0.2) is 4.98 Å². The molecule has 8 rings (SSSR count). The van der Waals surface area contributed by atoms with Gasteiger partial charge in [-0.05, 0) is 87.0 Å². The van der Waals surface area contributed by atoms with Crippen molar-refractivity contribution in [3.05, 3.63) is 41.5 Å². The Morgan fingerprint density at radius 3 is 2.28 bits per heavy atom. The summed E-state index contributed by atoms with van der Waals surface area (Å²) in [7, 11) is 0. The van der Waals surface area contributed by atoms with Crippen LogP contribution in [0.3, 0.4) is 0 Å². The molecule has 5 aliphatic rings. The first-order valence-corrected chi connectivity index (χ1v) is 12.4. The molecule has 5 heteroatoms. The Bertz CT molecular complexity index is 1220. The van der Waals surface area contributed by atoms with E-state index in [1.54, 1.807) is 0 Å². The van der Waals surface area contributed by atoms with Gasteiger partial charge in [-0.2, -0.15) is 5.26 Å². The van der Waals surface area contributed by atoms with E-state index >= 15 is 0 Å². The van der Waals surface area contributed by atoms with Crippen LogP contribution in [-0.2, 0) is 0 Å². The predicted molar refractivity (Wildman–Crippen MR) is 127 cm³/mol. The minimum absolute atomic E-state index is 0.498. The van der Waals surface area contributed by atoms with Crippen molar-refractivity contribution >= 4 is 22.5 Å². The van der Waals surface area contributed by atoms with Gasteiger partial charge in [0, 0.05) is 31.7 Å². The number of rotatable bonds is 2. The number of nitrogens with zero attached hydrogens (tertiary/aromatic N) is 5. The molecular weight excluding hydrogens is 394 g/mol. The maximum absolute atomic E-state index is 9.81. The zero-order chi connectivity index (χ0) is 21.4. The van der Waals surface area contributed by atoms with Crippen LogP contribution in [0.15, 0.2) is 30.3 Å². The fourth-order valence-electron chi connectivity index (χ4n) is 8.17. The molecule has 0 unspecified atom stereocenters. The molecule has 0 amide bonds. The van der Waals surface area contributed by atoms with Gasteiger partial charge >= 0.3 is 0 Å². The fraction of sp³-hybridized carbons (Fsp3) is 0.556. The lowest BCUT2D eigenvalue weighted by molar-refractivity contribution is -0.0901. The second kappa shape index (κ2) is 6.71. The van der Waals surface area contributed by atoms with E-state index in [0.717, 1.165) is 66.2 Å². The van der Waals surface area contributed by atoms with Crippen LogP contribution in [0.1, 0.15) is 49.7 Å². The van der Waals surface area contributed by atoms with Gasteiger partial charge in [0.15, 0.2) is 5.65 Å². The molecule has 1 aliphatic heterocycles. The van der Waals surface area contributed by atoms with Gasteiger partial charge in [-0.15, -0.1) is 0 Å². The number of benzene rings is 1. The molecule has 0 spiro atoms. The maximum Gasteiger partial charge on any atom is 0.157 e. The first kappa shape index (κ1) is 18.9. The number of aromatic nitrogens is 2. The van der Waals surface area contributed by atoms with Crippen LogP contribution in [0.25, 0.3) is 16.7 Å². The summed E-state index contributed by atoms with van der Waals surface area (Å²) in [6.07, 6.45) is 8.88. The molecule has 5 nitrogen and oxygen atoms in total. The first-order valence-electron chi connectivity index (χ1n) is 12.4. The molecule has 2 aromatic heterocycles. The molecule has 164 valence electrons. The van der Waals surface area contributed by atoms with E-state index in [-0.39, 0.29) is 0 Å². The van der Waals surface area contributed by atoms with E-state index in [1.807, 2.05) is 19.1 Å². The van der Waals surface area contributed by atoms with Crippen LogP contribution in [0.5, 0.6) is 0 Å². The highest BCUT2D eigenvalue weighted by Gasteiger charge is 2.53. The topological polar surface area (TPSA) is 47.6 Å². The number of imidazole rings is 1. The van der Waals surface area contributed by atoms with Crippen LogP contribution in [0.2, 0.25) is 0 Å². The summed E-state index contributed by atoms with van der Waals surface area (Å²) in [5.41, 5.74) is 5.07. The first-order chi connectivity index (χ1) is 15.6. The van der Waals surface area contributed by atoms with Crippen molar-refractivity contribution in [1.82, 2.24) is 14.3 Å². The number of hydrogen-bond donors (Lipinski definition) is 0. The van der Waals surface area contributed by atoms with E-state index in [0.29, 0.717) is 11.1 Å². The third-order valence-corrected chi connectivity index (χ3v) is 9.15. The minimum Gasteiger partial charge on any atom is -0.355 e. The third-order valence-electron chi connectivity index (χ3n) is 9.15. The quantitative estimate of drug-likeness (QED) is 0.594. The van der Waals surface area contributed by atoms with Crippen molar-refractivity contribution in [2.75, 3.05) is 31.1 Å². The molecule has 3 heterocycles. The van der Waals surface area contributed by atoms with Crippen LogP contribution in [-0.4, -0.2) is 46.0 Å². The molecule has 4 aliphatic carbocycles. The van der Waals surface area contributed by atoms with Crippen LogP contribution < -0.4 is 4.90 Å². The Morgan fingerprint density at radius 1 is 0.969 bits per heavy atom. The number of pyridine rings is 1. The number of piperazine rings is 1. The van der Waals surface area contributed by atoms with Crippen molar-refractivity contribution in [2.45, 2.75) is 51.0 Å². The normalized spacial score (nSPS) is 32.1. The van der Waals surface area contributed by atoms with E-state index < -0.39 is 0 Å². The summed E-state index contributed by atoms with van der Waals surface area (Å²) in [4.78, 5) is 10.3. The molecule has 4 saturated carbocycles. The number of hydrogen-bond acceptors (Lipinski definition) is 4. The van der Waals surface area contributed by atoms with Gasteiger partial charge < -0.3 is 4.90 Å². The molecule has 0 atom stereocenters. The van der Waals surface area contributed by atoms with Crippen molar-refractivity contribution < 1.29 is 0 Å². The van der Waals surface area contributed by atoms with E-state index in [9.17, 15) is 5.26 Å². The lowest BCUT2D eigenvalue weighted by atomic mass is 9.52. The van der Waals surface area contributed by atoms with Crippen molar-refractivity contribution in [2.24, 2.45) is 17.8 Å². The van der Waals surface area contributed by atoms with E-state index in [1.165, 1.54) is 44.3 Å². The second-order valence-electron chi connectivity index (χ2n) is 11.0. The summed E-state index contributed by atoms with van der Waals surface area (Å²) < 4.78 is 2.22. The predicted octanol–water partition coefficient (Wildman–Crippen LogP) is 4.76. The Kier molecular flexibility index (Phi) is 3.97. The van der Waals surface area contributed by atoms with E-state index in [4.69, 9.17) is 4.98 Å². The van der Waals surface area contributed by atoms with Crippen LogP contribution >= 0.6 is 0 Å². The highest BCUT2D eigenvalue weighted by Crippen LogP contribution is 2.57. The average molecular weight is 426 g/mol. The zero-order valence-corrected chi connectivity index (χ0v) is 18.9. The van der Waals surface area contributed by atoms with Crippen LogP contribution in [0.4, 0.5) is 5.82 Å². The van der Waals surface area contributed by atoms with Crippen molar-refractivity contribution in [1.29, 1.82) is 5.26 Å². The Balaban J connectivity index is 1.23. The summed E-state index contributed by atoms with van der Waals surface area (Å²) in [5, 5.41) is 9.81. The van der Waals surface area contributed by atoms with Gasteiger partial charge in [0.05, 0.1) is 16.6 Å². The monoisotopic (exact) mass is 425 g/mol. The second-order valence-corrected chi connectivity index (χ2v) is 11.0. The lowest BCUT2D eigenvalue weighted by Gasteiger charge is -2.61. The van der Waals surface area contributed by atoms with Crippen LogP contribution in [0, 0.1) is 36.0 Å². The summed E-state index contributed by atoms with van der Waals surface area (Å²) >= 11 is 0. The summed E-state index contributed by atoms with van der Waals surface area (Å²) in [6, 6.07) is 12.9. The Hall–Kier alpha value is -2.58. The highest BCUT2D eigenvalue weighted by molar-refractivity contribution is 5.85. The SMILES string of the molecule is Cc1cc(N2CCN(C34CC5CC(CC(C5)C3)C4)CC2)n2c(nc3ccccc32)c1C#N. The Morgan fingerprint density at radius 2 is 1.62 bits per heavy atom. The smallest absolute Gasteiger partial charge is 0.157 e. The molecule has 4 bridgehead atoms. The van der Waals surface area contributed by atoms with Gasteiger partial charge in [0.1, 0.15) is 11.9 Å². The number of fused-ring (bicyclic) bond motifs is 3. The standard InChI is InChI=1S/C27H31N5/c1-18-10-25(32-24-5-3-2-4-23(24)29-26(32)22(18)17-28)30-6-8-31(9-7-30)27-14-19-11-20(15-27)13-21(12-19)16-27/h2-5,10,19-21H,6-9,11-16H2,1H3.